The number of rotatable bonds is 2. The lowest BCUT2D eigenvalue weighted by molar-refractivity contribution is 0.148. The standard InChI is InChI=1S/C5H6F2N2/c6-5(7)3-4-1-2-8-9-4/h1-2,5H,3H2,(H,8,9). The van der Waals surface area contributed by atoms with E-state index in [0.29, 0.717) is 5.69 Å². The Morgan fingerprint density at radius 1 is 1.67 bits per heavy atom. The first-order chi connectivity index (χ1) is 4.29. The number of nitrogens with one attached hydrogen (secondary N) is 1. The summed E-state index contributed by atoms with van der Waals surface area (Å²) in [6.07, 6.45) is -1.03. The lowest BCUT2D eigenvalue weighted by atomic mass is 10.3. The maximum atomic E-state index is 11.5. The lowest BCUT2D eigenvalue weighted by Crippen LogP contribution is -1.96. The number of halogens is 2. The van der Waals surface area contributed by atoms with Crippen LogP contribution < -0.4 is 0 Å². The van der Waals surface area contributed by atoms with Crippen LogP contribution in [0.5, 0.6) is 0 Å². The Morgan fingerprint density at radius 2 is 2.44 bits per heavy atom. The summed E-state index contributed by atoms with van der Waals surface area (Å²) in [7, 11) is 0. The number of nitrogens with zero attached hydrogens (tertiary/aromatic N) is 1. The predicted molar refractivity (Wildman–Crippen MR) is 28.3 cm³/mol. The molecule has 0 atom stereocenters. The van der Waals surface area contributed by atoms with Crippen molar-refractivity contribution < 1.29 is 8.78 Å². The number of H-pyrrole nitrogens is 1. The summed E-state index contributed by atoms with van der Waals surface area (Å²) in [5.41, 5.74) is 0.407. The molecule has 0 bridgehead atoms. The number of hydrogen-bond acceptors (Lipinski definition) is 1. The minimum absolute atomic E-state index is 0.260. The molecule has 50 valence electrons. The number of aromatic nitrogens is 2. The van der Waals surface area contributed by atoms with Gasteiger partial charge in [-0.05, 0) is 6.07 Å². The molecule has 1 heterocycles. The molecule has 0 fully saturated rings. The Labute approximate surface area is 50.9 Å². The zero-order chi connectivity index (χ0) is 6.69. The highest BCUT2D eigenvalue weighted by Gasteiger charge is 2.04. The molecule has 9 heavy (non-hydrogen) atoms. The second kappa shape index (κ2) is 2.57. The van der Waals surface area contributed by atoms with E-state index in [1.165, 1.54) is 12.3 Å². The molecule has 0 aromatic carbocycles. The van der Waals surface area contributed by atoms with Gasteiger partial charge in [-0.3, -0.25) is 5.10 Å². The Bertz CT molecular complexity index is 159. The van der Waals surface area contributed by atoms with Gasteiger partial charge in [0.15, 0.2) is 0 Å². The van der Waals surface area contributed by atoms with Crippen molar-refractivity contribution in [2.75, 3.05) is 0 Å². The van der Waals surface area contributed by atoms with Crippen LogP contribution in [0, 0.1) is 0 Å². The van der Waals surface area contributed by atoms with E-state index in [1.54, 1.807) is 0 Å². The summed E-state index contributed by atoms with van der Waals surface area (Å²) in [6.45, 7) is 0. The highest BCUT2D eigenvalue weighted by atomic mass is 19.3. The molecule has 0 spiro atoms. The Balaban J connectivity index is 2.48. The van der Waals surface area contributed by atoms with Gasteiger partial charge in [-0.2, -0.15) is 5.10 Å². The first kappa shape index (κ1) is 6.19. The van der Waals surface area contributed by atoms with Crippen LogP contribution in [0.3, 0.4) is 0 Å². The average Bonchev–Trinajstić information content (AvgIpc) is 2.15. The molecule has 0 unspecified atom stereocenters. The maximum absolute atomic E-state index is 11.5. The third-order valence-corrected chi connectivity index (χ3v) is 0.922. The Kier molecular flexibility index (Phi) is 1.77. The molecule has 0 aliphatic heterocycles. The van der Waals surface area contributed by atoms with E-state index in [0.717, 1.165) is 0 Å². The second-order valence-electron chi connectivity index (χ2n) is 1.66. The van der Waals surface area contributed by atoms with Gasteiger partial charge < -0.3 is 0 Å². The zero-order valence-corrected chi connectivity index (χ0v) is 4.64. The fourth-order valence-corrected chi connectivity index (χ4v) is 0.563. The minimum Gasteiger partial charge on any atom is -0.285 e. The smallest absolute Gasteiger partial charge is 0.244 e. The summed E-state index contributed by atoms with van der Waals surface area (Å²) in [5, 5.41) is 6.00. The Morgan fingerprint density at radius 3 is 2.89 bits per heavy atom. The fraction of sp³-hybridized carbons (Fsp3) is 0.400. The molecule has 4 heteroatoms. The Hall–Kier alpha value is -0.930. The van der Waals surface area contributed by atoms with Crippen molar-refractivity contribution in [3.8, 4) is 0 Å². The van der Waals surface area contributed by atoms with Crippen LogP contribution in [0.2, 0.25) is 0 Å². The van der Waals surface area contributed by atoms with E-state index >= 15 is 0 Å². The van der Waals surface area contributed by atoms with Gasteiger partial charge >= 0.3 is 0 Å². The molecule has 0 saturated heterocycles. The molecule has 1 rings (SSSR count). The lowest BCUT2D eigenvalue weighted by Gasteiger charge is -1.90. The van der Waals surface area contributed by atoms with Crippen molar-refractivity contribution in [1.82, 2.24) is 10.2 Å². The van der Waals surface area contributed by atoms with Crippen LogP contribution in [0.25, 0.3) is 0 Å². The van der Waals surface area contributed by atoms with Crippen LogP contribution >= 0.6 is 0 Å². The molecule has 0 aliphatic rings. The average molecular weight is 132 g/mol. The largest absolute Gasteiger partial charge is 0.285 e. The van der Waals surface area contributed by atoms with Crippen molar-refractivity contribution >= 4 is 0 Å². The van der Waals surface area contributed by atoms with E-state index in [2.05, 4.69) is 10.2 Å². The van der Waals surface area contributed by atoms with E-state index in [9.17, 15) is 8.78 Å². The highest BCUT2D eigenvalue weighted by Crippen LogP contribution is 2.01. The molecule has 1 aromatic rings. The third-order valence-electron chi connectivity index (χ3n) is 0.922. The predicted octanol–water partition coefficient (Wildman–Crippen LogP) is 1.22. The van der Waals surface area contributed by atoms with Crippen molar-refractivity contribution in [2.45, 2.75) is 12.8 Å². The molecule has 0 aliphatic carbocycles. The SMILES string of the molecule is FC(F)Cc1cc[nH]n1. The van der Waals surface area contributed by atoms with Crippen molar-refractivity contribution in [2.24, 2.45) is 0 Å². The normalized spacial score (nSPS) is 10.6. The molecular weight excluding hydrogens is 126 g/mol. The fourth-order valence-electron chi connectivity index (χ4n) is 0.563. The van der Waals surface area contributed by atoms with Crippen LogP contribution in [-0.4, -0.2) is 16.6 Å². The first-order valence-electron chi connectivity index (χ1n) is 2.56. The zero-order valence-electron chi connectivity index (χ0n) is 4.64. The summed E-state index contributed by atoms with van der Waals surface area (Å²) in [5.74, 6) is 0. The summed E-state index contributed by atoms with van der Waals surface area (Å²) in [6, 6.07) is 1.53. The van der Waals surface area contributed by atoms with Gasteiger partial charge in [-0.1, -0.05) is 0 Å². The summed E-state index contributed by atoms with van der Waals surface area (Å²) < 4.78 is 23.1. The topological polar surface area (TPSA) is 28.7 Å². The van der Waals surface area contributed by atoms with E-state index < -0.39 is 6.43 Å². The third kappa shape index (κ3) is 1.79. The van der Waals surface area contributed by atoms with Crippen molar-refractivity contribution in [3.05, 3.63) is 18.0 Å². The van der Waals surface area contributed by atoms with Gasteiger partial charge in [-0.15, -0.1) is 0 Å². The van der Waals surface area contributed by atoms with Gasteiger partial charge in [0, 0.05) is 6.20 Å². The van der Waals surface area contributed by atoms with Gasteiger partial charge in [0.1, 0.15) is 0 Å². The summed E-state index contributed by atoms with van der Waals surface area (Å²) >= 11 is 0. The molecule has 0 saturated carbocycles. The first-order valence-corrected chi connectivity index (χ1v) is 2.56. The van der Waals surface area contributed by atoms with E-state index in [4.69, 9.17) is 0 Å². The monoisotopic (exact) mass is 132 g/mol. The second-order valence-corrected chi connectivity index (χ2v) is 1.66. The van der Waals surface area contributed by atoms with Gasteiger partial charge in [0.2, 0.25) is 6.43 Å². The molecule has 0 radical (unpaired) electrons. The number of hydrogen-bond donors (Lipinski definition) is 1. The van der Waals surface area contributed by atoms with Crippen LogP contribution in [0.15, 0.2) is 12.3 Å². The van der Waals surface area contributed by atoms with Crippen molar-refractivity contribution in [3.63, 3.8) is 0 Å². The number of aromatic amines is 1. The van der Waals surface area contributed by atoms with Gasteiger partial charge in [0.05, 0.1) is 12.1 Å². The van der Waals surface area contributed by atoms with Crippen molar-refractivity contribution in [1.29, 1.82) is 0 Å². The van der Waals surface area contributed by atoms with Gasteiger partial charge in [0.25, 0.3) is 0 Å². The molecule has 0 amide bonds. The van der Waals surface area contributed by atoms with Gasteiger partial charge in [-0.25, -0.2) is 8.78 Å². The van der Waals surface area contributed by atoms with E-state index in [-0.39, 0.29) is 6.42 Å². The summed E-state index contributed by atoms with van der Waals surface area (Å²) in [4.78, 5) is 0. The molecule has 1 aromatic heterocycles. The quantitative estimate of drug-likeness (QED) is 0.643. The van der Waals surface area contributed by atoms with Crippen LogP contribution in [-0.2, 0) is 6.42 Å². The van der Waals surface area contributed by atoms with Crippen LogP contribution in [0.4, 0.5) is 8.78 Å². The molecular formula is C5H6F2N2. The maximum Gasteiger partial charge on any atom is 0.244 e. The van der Waals surface area contributed by atoms with Crippen LogP contribution in [0.1, 0.15) is 5.69 Å². The minimum atomic E-state index is -2.30. The molecule has 2 nitrogen and oxygen atoms in total. The van der Waals surface area contributed by atoms with E-state index in [1.807, 2.05) is 0 Å². The highest BCUT2D eigenvalue weighted by molar-refractivity contribution is 4.97. The number of alkyl halides is 2. The molecule has 1 N–H and O–H groups in total.